The van der Waals surface area contributed by atoms with Crippen LogP contribution in [0.1, 0.15) is 13.8 Å². The summed E-state index contributed by atoms with van der Waals surface area (Å²) in [5.41, 5.74) is 0. The lowest BCUT2D eigenvalue weighted by atomic mass is 10.2. The van der Waals surface area contributed by atoms with Gasteiger partial charge in [-0.1, -0.05) is 0 Å². The first-order chi connectivity index (χ1) is 6.67. The molecule has 0 saturated heterocycles. The number of carbonyl (C=O) groups is 1. The molecule has 0 radical (unpaired) electrons. The van der Waals surface area contributed by atoms with Crippen molar-refractivity contribution >= 4 is 5.97 Å². The molecule has 5 heteroatoms. The number of ether oxygens (including phenoxy) is 3. The summed E-state index contributed by atoms with van der Waals surface area (Å²) in [5.74, 6) is -0.557. The highest BCUT2D eigenvalue weighted by molar-refractivity contribution is 5.75. The summed E-state index contributed by atoms with van der Waals surface area (Å²) >= 11 is 0. The van der Waals surface area contributed by atoms with Gasteiger partial charge in [-0.15, -0.1) is 0 Å². The van der Waals surface area contributed by atoms with Gasteiger partial charge in [0.15, 0.2) is 6.10 Å². The smallest absolute Gasteiger partial charge is 0.338 e. The van der Waals surface area contributed by atoms with E-state index < -0.39 is 18.2 Å². The van der Waals surface area contributed by atoms with Crippen molar-refractivity contribution in [3.05, 3.63) is 0 Å². The van der Waals surface area contributed by atoms with E-state index in [4.69, 9.17) is 14.2 Å². The molecule has 0 heterocycles. The molecule has 0 aromatic rings. The van der Waals surface area contributed by atoms with Crippen LogP contribution in [-0.4, -0.2) is 50.2 Å². The molecular formula is C9H18O5. The maximum atomic E-state index is 11.3. The SMILES string of the molecule is CCOC(=O)C(OCC)C(O)COC. The minimum Gasteiger partial charge on any atom is -0.464 e. The van der Waals surface area contributed by atoms with Gasteiger partial charge in [-0.2, -0.15) is 0 Å². The number of carbonyl (C=O) groups excluding carboxylic acids is 1. The van der Waals surface area contributed by atoms with Gasteiger partial charge in [-0.3, -0.25) is 0 Å². The number of aliphatic hydroxyl groups excluding tert-OH is 1. The van der Waals surface area contributed by atoms with Crippen LogP contribution < -0.4 is 0 Å². The van der Waals surface area contributed by atoms with Crippen LogP contribution in [0.5, 0.6) is 0 Å². The lowest BCUT2D eigenvalue weighted by Gasteiger charge is -2.20. The quantitative estimate of drug-likeness (QED) is 0.592. The predicted molar refractivity (Wildman–Crippen MR) is 49.9 cm³/mol. The summed E-state index contributed by atoms with van der Waals surface area (Å²) in [6.07, 6.45) is -1.95. The Morgan fingerprint density at radius 3 is 2.43 bits per heavy atom. The van der Waals surface area contributed by atoms with Gasteiger partial charge in [0, 0.05) is 13.7 Å². The second kappa shape index (κ2) is 7.73. The molecule has 84 valence electrons. The summed E-state index contributed by atoms with van der Waals surface area (Å²) in [4.78, 5) is 11.3. The molecule has 2 unspecified atom stereocenters. The maximum Gasteiger partial charge on any atom is 0.338 e. The standard InChI is InChI=1S/C9H18O5/c1-4-13-8(7(10)6-12-3)9(11)14-5-2/h7-8,10H,4-6H2,1-3H3. The Labute approximate surface area is 84.0 Å². The Morgan fingerprint density at radius 1 is 1.36 bits per heavy atom. The average Bonchev–Trinajstić information content (AvgIpc) is 2.14. The van der Waals surface area contributed by atoms with E-state index in [-0.39, 0.29) is 13.2 Å². The first kappa shape index (κ1) is 13.4. The van der Waals surface area contributed by atoms with Crippen LogP contribution in [0, 0.1) is 0 Å². The number of rotatable bonds is 7. The molecule has 0 aliphatic heterocycles. The van der Waals surface area contributed by atoms with Gasteiger partial charge in [-0.05, 0) is 13.8 Å². The zero-order valence-electron chi connectivity index (χ0n) is 8.86. The molecule has 5 nitrogen and oxygen atoms in total. The molecule has 0 aliphatic carbocycles. The first-order valence-electron chi connectivity index (χ1n) is 4.62. The molecule has 0 aromatic heterocycles. The van der Waals surface area contributed by atoms with Crippen molar-refractivity contribution in [3.8, 4) is 0 Å². The van der Waals surface area contributed by atoms with Crippen LogP contribution in [0.25, 0.3) is 0 Å². The topological polar surface area (TPSA) is 65.0 Å². The largest absolute Gasteiger partial charge is 0.464 e. The normalized spacial score (nSPS) is 14.9. The third-order valence-corrected chi connectivity index (χ3v) is 1.55. The van der Waals surface area contributed by atoms with Crippen molar-refractivity contribution in [2.24, 2.45) is 0 Å². The Hall–Kier alpha value is -0.650. The van der Waals surface area contributed by atoms with Gasteiger partial charge >= 0.3 is 5.97 Å². The Balaban J connectivity index is 4.18. The number of methoxy groups -OCH3 is 1. The molecule has 0 amide bonds. The van der Waals surface area contributed by atoms with Gasteiger partial charge in [0.05, 0.1) is 13.2 Å². The van der Waals surface area contributed by atoms with Crippen LogP contribution in [0.15, 0.2) is 0 Å². The third-order valence-electron chi connectivity index (χ3n) is 1.55. The predicted octanol–water partition coefficient (Wildman–Crippen LogP) is -0.0381. The van der Waals surface area contributed by atoms with E-state index in [2.05, 4.69) is 0 Å². The van der Waals surface area contributed by atoms with Crippen molar-refractivity contribution in [2.75, 3.05) is 26.9 Å². The minimum absolute atomic E-state index is 0.0451. The number of aliphatic hydroxyl groups is 1. The Morgan fingerprint density at radius 2 is 2.00 bits per heavy atom. The van der Waals surface area contributed by atoms with Gasteiger partial charge in [0.2, 0.25) is 0 Å². The average molecular weight is 206 g/mol. The van der Waals surface area contributed by atoms with Crippen LogP contribution in [-0.2, 0) is 19.0 Å². The van der Waals surface area contributed by atoms with Crippen LogP contribution in [0.3, 0.4) is 0 Å². The number of esters is 1. The van der Waals surface area contributed by atoms with E-state index in [1.807, 2.05) is 0 Å². The zero-order valence-corrected chi connectivity index (χ0v) is 8.86. The van der Waals surface area contributed by atoms with Gasteiger partial charge in [0.1, 0.15) is 6.10 Å². The molecule has 0 saturated carbocycles. The fourth-order valence-corrected chi connectivity index (χ4v) is 0.998. The molecule has 0 fully saturated rings. The third kappa shape index (κ3) is 4.55. The summed E-state index contributed by atoms with van der Waals surface area (Å²) < 4.78 is 14.5. The summed E-state index contributed by atoms with van der Waals surface area (Å²) in [6, 6.07) is 0. The Kier molecular flexibility index (Phi) is 7.37. The molecule has 0 aliphatic rings. The lowest BCUT2D eigenvalue weighted by molar-refractivity contribution is -0.166. The molecule has 2 atom stereocenters. The molecule has 1 N–H and O–H groups in total. The molecular weight excluding hydrogens is 188 g/mol. The fraction of sp³-hybridized carbons (Fsp3) is 0.889. The summed E-state index contributed by atoms with van der Waals surface area (Å²) in [7, 11) is 1.44. The van der Waals surface area contributed by atoms with Crippen LogP contribution >= 0.6 is 0 Å². The molecule has 14 heavy (non-hydrogen) atoms. The minimum atomic E-state index is -0.987. The van der Waals surface area contributed by atoms with Gasteiger partial charge in [0.25, 0.3) is 0 Å². The zero-order chi connectivity index (χ0) is 11.0. The first-order valence-corrected chi connectivity index (χ1v) is 4.62. The van der Waals surface area contributed by atoms with Gasteiger partial charge < -0.3 is 19.3 Å². The molecule has 0 aromatic carbocycles. The van der Waals surface area contributed by atoms with E-state index in [9.17, 15) is 9.90 Å². The highest BCUT2D eigenvalue weighted by atomic mass is 16.6. The molecule has 0 bridgehead atoms. The van der Waals surface area contributed by atoms with Crippen LogP contribution in [0.4, 0.5) is 0 Å². The second-order valence-electron chi connectivity index (χ2n) is 2.65. The van der Waals surface area contributed by atoms with Crippen molar-refractivity contribution in [1.82, 2.24) is 0 Å². The van der Waals surface area contributed by atoms with Crippen molar-refractivity contribution in [2.45, 2.75) is 26.1 Å². The van der Waals surface area contributed by atoms with Crippen molar-refractivity contribution < 1.29 is 24.1 Å². The van der Waals surface area contributed by atoms with Gasteiger partial charge in [-0.25, -0.2) is 4.79 Å². The van der Waals surface area contributed by atoms with Crippen LogP contribution in [0.2, 0.25) is 0 Å². The highest BCUT2D eigenvalue weighted by Gasteiger charge is 2.28. The van der Waals surface area contributed by atoms with E-state index in [0.29, 0.717) is 6.61 Å². The summed E-state index contributed by atoms with van der Waals surface area (Å²) in [6.45, 7) is 4.09. The monoisotopic (exact) mass is 206 g/mol. The lowest BCUT2D eigenvalue weighted by Crippen LogP contribution is -2.40. The number of hydrogen-bond acceptors (Lipinski definition) is 5. The maximum absolute atomic E-state index is 11.3. The molecule has 0 spiro atoms. The Bertz CT molecular complexity index is 159. The second-order valence-corrected chi connectivity index (χ2v) is 2.65. The van der Waals surface area contributed by atoms with Crippen molar-refractivity contribution in [1.29, 1.82) is 0 Å². The molecule has 0 rings (SSSR count). The van der Waals surface area contributed by atoms with Crippen molar-refractivity contribution in [3.63, 3.8) is 0 Å². The highest BCUT2D eigenvalue weighted by Crippen LogP contribution is 2.03. The van der Waals surface area contributed by atoms with E-state index in [0.717, 1.165) is 0 Å². The van der Waals surface area contributed by atoms with E-state index in [1.54, 1.807) is 13.8 Å². The fourth-order valence-electron chi connectivity index (χ4n) is 0.998. The number of hydrogen-bond donors (Lipinski definition) is 1. The van der Waals surface area contributed by atoms with E-state index >= 15 is 0 Å². The van der Waals surface area contributed by atoms with E-state index in [1.165, 1.54) is 7.11 Å². The summed E-state index contributed by atoms with van der Waals surface area (Å²) in [5, 5.41) is 9.49.